The molecule has 19 heavy (non-hydrogen) atoms. The summed E-state index contributed by atoms with van der Waals surface area (Å²) in [4.78, 5) is 21.7. The normalized spacial score (nSPS) is 11.7. The van der Waals surface area contributed by atoms with Crippen LogP contribution < -0.4 is 16.0 Å². The van der Waals surface area contributed by atoms with Crippen molar-refractivity contribution in [2.45, 2.75) is 25.9 Å². The summed E-state index contributed by atoms with van der Waals surface area (Å²) in [6.07, 6.45) is 0.404. The summed E-state index contributed by atoms with van der Waals surface area (Å²) in [5.41, 5.74) is 1.89. The zero-order valence-electron chi connectivity index (χ0n) is 10.3. The van der Waals surface area contributed by atoms with Crippen LogP contribution in [0.15, 0.2) is 22.7 Å². The van der Waals surface area contributed by atoms with Crippen molar-refractivity contribution in [3.63, 3.8) is 0 Å². The van der Waals surface area contributed by atoms with E-state index in [0.717, 1.165) is 0 Å². The second-order valence-corrected chi connectivity index (χ2v) is 4.72. The van der Waals surface area contributed by atoms with Gasteiger partial charge in [-0.05, 0) is 12.5 Å². The highest BCUT2D eigenvalue weighted by atomic mass is 79.9. The molecule has 1 amide bonds. The van der Waals surface area contributed by atoms with Crippen molar-refractivity contribution in [1.29, 1.82) is 0 Å². The maximum atomic E-state index is 11.5. The van der Waals surface area contributed by atoms with Gasteiger partial charge in [0.15, 0.2) is 6.10 Å². The molecule has 104 valence electrons. The molecule has 1 aromatic carbocycles. The molecule has 1 atom stereocenters. The Balaban J connectivity index is 2.95. The third-order valence-corrected chi connectivity index (χ3v) is 2.79. The number of nitro groups is 1. The summed E-state index contributed by atoms with van der Waals surface area (Å²) in [6, 6.07) is 4.17. The lowest BCUT2D eigenvalue weighted by atomic mass is 10.2. The molecule has 1 rings (SSSR count). The van der Waals surface area contributed by atoms with Gasteiger partial charge in [0.25, 0.3) is 11.6 Å². The maximum Gasteiger partial charge on any atom is 0.274 e. The summed E-state index contributed by atoms with van der Waals surface area (Å²) in [5, 5.41) is 10.7. The lowest BCUT2D eigenvalue weighted by molar-refractivity contribution is -0.385. The Morgan fingerprint density at radius 2 is 2.26 bits per heavy atom. The van der Waals surface area contributed by atoms with Crippen molar-refractivity contribution in [1.82, 2.24) is 5.43 Å². The number of nitrogens with zero attached hydrogens (tertiary/aromatic N) is 1. The van der Waals surface area contributed by atoms with Crippen LogP contribution in [0.25, 0.3) is 0 Å². The summed E-state index contributed by atoms with van der Waals surface area (Å²) < 4.78 is 5.95. The fraction of sp³-hybridized carbons (Fsp3) is 0.364. The van der Waals surface area contributed by atoms with E-state index in [1.807, 2.05) is 12.3 Å². The van der Waals surface area contributed by atoms with Crippen molar-refractivity contribution >= 4 is 27.5 Å². The number of carbonyl (C=O) groups excluding carboxylic acids is 1. The number of hydrogen-bond acceptors (Lipinski definition) is 5. The number of halogens is 1. The number of amides is 1. The Morgan fingerprint density at radius 1 is 1.58 bits per heavy atom. The topological polar surface area (TPSA) is 107 Å². The van der Waals surface area contributed by atoms with Crippen molar-refractivity contribution < 1.29 is 14.5 Å². The number of benzene rings is 1. The van der Waals surface area contributed by atoms with Crippen LogP contribution in [-0.2, 0) is 4.79 Å². The van der Waals surface area contributed by atoms with Crippen LogP contribution in [0.2, 0.25) is 0 Å². The first-order valence-corrected chi connectivity index (χ1v) is 6.39. The Labute approximate surface area is 118 Å². The number of nitrogens with two attached hydrogens (primary N) is 1. The van der Waals surface area contributed by atoms with E-state index in [1.165, 1.54) is 12.1 Å². The quantitative estimate of drug-likeness (QED) is 0.358. The fourth-order valence-electron chi connectivity index (χ4n) is 1.48. The SMILES string of the molecule is CCCC(Oc1cc(Br)cc([N+](=O)[O-])c1)C(=O)NN. The van der Waals surface area contributed by atoms with Gasteiger partial charge in [-0.3, -0.25) is 20.3 Å². The lowest BCUT2D eigenvalue weighted by Gasteiger charge is -2.16. The standard InChI is InChI=1S/C11H14BrN3O4/c1-2-3-10(11(16)14-13)19-9-5-7(12)4-8(6-9)15(17)18/h4-6,10H,2-3,13H2,1H3,(H,14,16). The van der Waals surface area contributed by atoms with E-state index in [0.29, 0.717) is 17.3 Å². The molecular weight excluding hydrogens is 318 g/mol. The summed E-state index contributed by atoms with van der Waals surface area (Å²) in [6.45, 7) is 1.89. The van der Waals surface area contributed by atoms with Gasteiger partial charge in [-0.15, -0.1) is 0 Å². The molecule has 0 saturated carbocycles. The minimum absolute atomic E-state index is 0.118. The molecule has 0 heterocycles. The first-order chi connectivity index (χ1) is 8.97. The molecule has 1 aromatic rings. The molecule has 0 spiro atoms. The fourth-order valence-corrected chi connectivity index (χ4v) is 1.94. The summed E-state index contributed by atoms with van der Waals surface area (Å²) in [5.74, 6) is 4.84. The summed E-state index contributed by atoms with van der Waals surface area (Å²) in [7, 11) is 0. The monoisotopic (exact) mass is 331 g/mol. The van der Waals surface area contributed by atoms with Gasteiger partial charge >= 0.3 is 0 Å². The second kappa shape index (κ2) is 7.05. The molecule has 0 bridgehead atoms. The molecule has 0 aromatic heterocycles. The van der Waals surface area contributed by atoms with E-state index in [4.69, 9.17) is 10.6 Å². The number of rotatable bonds is 6. The highest BCUT2D eigenvalue weighted by Gasteiger charge is 2.20. The molecule has 1 unspecified atom stereocenters. The smallest absolute Gasteiger partial charge is 0.274 e. The first kappa shape index (κ1) is 15.4. The van der Waals surface area contributed by atoms with Gasteiger partial charge in [0.05, 0.1) is 11.0 Å². The van der Waals surface area contributed by atoms with Gasteiger partial charge in [-0.1, -0.05) is 29.3 Å². The predicted molar refractivity (Wildman–Crippen MR) is 72.5 cm³/mol. The van der Waals surface area contributed by atoms with Crippen molar-refractivity contribution in [2.24, 2.45) is 5.84 Å². The number of non-ortho nitro benzene ring substituents is 1. The Morgan fingerprint density at radius 3 is 2.79 bits per heavy atom. The van der Waals surface area contributed by atoms with Gasteiger partial charge in [-0.2, -0.15) is 0 Å². The molecule has 3 N–H and O–H groups in total. The van der Waals surface area contributed by atoms with Crippen LogP contribution in [0, 0.1) is 10.1 Å². The molecule has 0 radical (unpaired) electrons. The van der Waals surface area contributed by atoms with Crippen LogP contribution in [0.5, 0.6) is 5.75 Å². The Hall–Kier alpha value is -1.67. The average molecular weight is 332 g/mol. The highest BCUT2D eigenvalue weighted by Crippen LogP contribution is 2.27. The molecule has 8 heteroatoms. The minimum Gasteiger partial charge on any atom is -0.480 e. The average Bonchev–Trinajstić information content (AvgIpc) is 2.36. The van der Waals surface area contributed by atoms with E-state index in [-0.39, 0.29) is 11.4 Å². The van der Waals surface area contributed by atoms with Crippen LogP contribution in [-0.4, -0.2) is 16.9 Å². The first-order valence-electron chi connectivity index (χ1n) is 5.60. The van der Waals surface area contributed by atoms with Crippen LogP contribution in [0.1, 0.15) is 19.8 Å². The van der Waals surface area contributed by atoms with Crippen molar-refractivity contribution in [2.75, 3.05) is 0 Å². The number of nitro benzene ring substituents is 1. The Bertz CT molecular complexity index is 481. The lowest BCUT2D eigenvalue weighted by Crippen LogP contribution is -2.42. The van der Waals surface area contributed by atoms with Crippen molar-refractivity contribution in [3.8, 4) is 5.75 Å². The van der Waals surface area contributed by atoms with Crippen LogP contribution in [0.4, 0.5) is 5.69 Å². The third kappa shape index (κ3) is 4.49. The number of hydrogen-bond donors (Lipinski definition) is 2. The van der Waals surface area contributed by atoms with Gasteiger partial charge in [0, 0.05) is 10.5 Å². The number of nitrogens with one attached hydrogen (secondary N) is 1. The summed E-state index contributed by atoms with van der Waals surface area (Å²) >= 11 is 3.15. The molecule has 0 saturated heterocycles. The van der Waals surface area contributed by atoms with E-state index in [2.05, 4.69) is 15.9 Å². The van der Waals surface area contributed by atoms with Gasteiger partial charge in [0.1, 0.15) is 5.75 Å². The maximum absolute atomic E-state index is 11.5. The van der Waals surface area contributed by atoms with Crippen molar-refractivity contribution in [3.05, 3.63) is 32.8 Å². The number of ether oxygens (including phenoxy) is 1. The number of hydrazine groups is 1. The second-order valence-electron chi connectivity index (χ2n) is 3.81. The molecule has 0 aliphatic heterocycles. The minimum atomic E-state index is -0.774. The highest BCUT2D eigenvalue weighted by molar-refractivity contribution is 9.10. The van der Waals surface area contributed by atoms with E-state index in [1.54, 1.807) is 6.07 Å². The molecule has 0 aliphatic carbocycles. The van der Waals surface area contributed by atoms with Gasteiger partial charge in [-0.25, -0.2) is 5.84 Å². The molecular formula is C11H14BrN3O4. The van der Waals surface area contributed by atoms with E-state index < -0.39 is 16.9 Å². The molecule has 0 aliphatic rings. The van der Waals surface area contributed by atoms with Crippen LogP contribution >= 0.6 is 15.9 Å². The predicted octanol–water partition coefficient (Wildman–Crippen LogP) is 1.89. The van der Waals surface area contributed by atoms with Gasteiger partial charge in [0.2, 0.25) is 0 Å². The zero-order valence-corrected chi connectivity index (χ0v) is 11.8. The third-order valence-electron chi connectivity index (χ3n) is 2.33. The number of carbonyl (C=O) groups is 1. The zero-order chi connectivity index (χ0) is 14.4. The van der Waals surface area contributed by atoms with Gasteiger partial charge < -0.3 is 4.74 Å². The molecule has 7 nitrogen and oxygen atoms in total. The van der Waals surface area contributed by atoms with Crippen LogP contribution in [0.3, 0.4) is 0 Å². The van der Waals surface area contributed by atoms with E-state index in [9.17, 15) is 14.9 Å². The molecule has 0 fully saturated rings. The largest absolute Gasteiger partial charge is 0.480 e. The Kier molecular flexibility index (Phi) is 5.71. The van der Waals surface area contributed by atoms with E-state index >= 15 is 0 Å².